The highest BCUT2D eigenvalue weighted by molar-refractivity contribution is 7.80. The van der Waals surface area contributed by atoms with Gasteiger partial charge in [-0.25, -0.2) is 13.8 Å². The lowest BCUT2D eigenvalue weighted by Crippen LogP contribution is -2.11. The number of rotatable bonds is 4. The van der Waals surface area contributed by atoms with E-state index >= 15 is 0 Å². The second kappa shape index (κ2) is 6.16. The van der Waals surface area contributed by atoms with Gasteiger partial charge >= 0.3 is 6.61 Å². The van der Waals surface area contributed by atoms with Gasteiger partial charge in [0.25, 0.3) is 0 Å². The third-order valence-electron chi connectivity index (χ3n) is 3.26. The number of alkyl halides is 2. The standard InChI is InChI=1S/C15H8F4N2O2S/c16-9-1-2-10(23-15(18)19)12(17)11(9)13(22)8-5-21-14-7(8)3-6(24)4-20-14/h1-5,15,24H,(H,20,21). The molecule has 0 unspecified atom stereocenters. The molecule has 1 N–H and O–H groups in total. The van der Waals surface area contributed by atoms with Gasteiger partial charge in [-0.1, -0.05) is 0 Å². The molecule has 0 fully saturated rings. The second-order valence-corrected chi connectivity index (χ2v) is 5.25. The molecule has 24 heavy (non-hydrogen) atoms. The fourth-order valence-corrected chi connectivity index (χ4v) is 2.43. The number of nitrogens with zero attached hydrogens (tertiary/aromatic N) is 1. The fourth-order valence-electron chi connectivity index (χ4n) is 2.24. The molecule has 0 aliphatic carbocycles. The average molecular weight is 356 g/mol. The number of aromatic amines is 1. The maximum absolute atomic E-state index is 14.3. The van der Waals surface area contributed by atoms with Crippen molar-refractivity contribution >= 4 is 29.4 Å². The van der Waals surface area contributed by atoms with Gasteiger partial charge in [-0.15, -0.1) is 12.6 Å². The molecule has 2 heterocycles. The summed E-state index contributed by atoms with van der Waals surface area (Å²) in [5, 5.41) is 0.298. The highest BCUT2D eigenvalue weighted by atomic mass is 32.1. The van der Waals surface area contributed by atoms with Crippen LogP contribution < -0.4 is 4.74 Å². The molecular formula is C15H8F4N2O2S. The van der Waals surface area contributed by atoms with Crippen LogP contribution in [0.1, 0.15) is 15.9 Å². The number of H-pyrrole nitrogens is 1. The van der Waals surface area contributed by atoms with E-state index in [2.05, 4.69) is 27.3 Å². The van der Waals surface area contributed by atoms with E-state index in [1.807, 2.05) is 0 Å². The van der Waals surface area contributed by atoms with E-state index < -0.39 is 35.3 Å². The van der Waals surface area contributed by atoms with Crippen molar-refractivity contribution in [1.29, 1.82) is 0 Å². The van der Waals surface area contributed by atoms with E-state index in [0.717, 1.165) is 0 Å². The van der Waals surface area contributed by atoms with Crippen molar-refractivity contribution in [2.45, 2.75) is 11.5 Å². The predicted octanol–water partition coefficient (Wildman–Crippen LogP) is 3.96. The number of carbonyl (C=O) groups is 1. The zero-order chi connectivity index (χ0) is 17.4. The molecule has 3 aromatic rings. The Morgan fingerprint density at radius 1 is 1.29 bits per heavy atom. The highest BCUT2D eigenvalue weighted by Gasteiger charge is 2.26. The molecule has 0 saturated heterocycles. The molecule has 9 heteroatoms. The molecule has 0 amide bonds. The first kappa shape index (κ1) is 16.3. The zero-order valence-corrected chi connectivity index (χ0v) is 12.6. The number of halogens is 4. The van der Waals surface area contributed by atoms with E-state index in [9.17, 15) is 22.4 Å². The number of benzene rings is 1. The highest BCUT2D eigenvalue weighted by Crippen LogP contribution is 2.29. The van der Waals surface area contributed by atoms with Gasteiger partial charge in [0.1, 0.15) is 11.5 Å². The SMILES string of the molecule is O=C(c1c(F)ccc(OC(F)F)c1F)c1c[nH]c2ncc(S)cc12. The molecule has 124 valence electrons. The number of ketones is 1. The lowest BCUT2D eigenvalue weighted by molar-refractivity contribution is -0.0523. The summed E-state index contributed by atoms with van der Waals surface area (Å²) in [6.07, 6.45) is 2.65. The van der Waals surface area contributed by atoms with Crippen LogP contribution in [-0.2, 0) is 0 Å². The quantitative estimate of drug-likeness (QED) is 0.423. The number of hydrogen-bond donors (Lipinski definition) is 2. The fraction of sp³-hybridized carbons (Fsp3) is 0.0667. The van der Waals surface area contributed by atoms with Crippen LogP contribution in [0.5, 0.6) is 5.75 Å². The van der Waals surface area contributed by atoms with Crippen LogP contribution in [0, 0.1) is 11.6 Å². The third kappa shape index (κ3) is 2.82. The molecule has 0 aliphatic rings. The summed E-state index contributed by atoms with van der Waals surface area (Å²) in [5.41, 5.74) is -0.740. The summed E-state index contributed by atoms with van der Waals surface area (Å²) >= 11 is 4.09. The first-order valence-electron chi connectivity index (χ1n) is 6.52. The Balaban J connectivity index is 2.14. The lowest BCUT2D eigenvalue weighted by atomic mass is 10.0. The van der Waals surface area contributed by atoms with E-state index in [0.29, 0.717) is 28.1 Å². The van der Waals surface area contributed by atoms with E-state index in [4.69, 9.17) is 0 Å². The van der Waals surface area contributed by atoms with Crippen molar-refractivity contribution in [2.75, 3.05) is 0 Å². The molecule has 0 bridgehead atoms. The van der Waals surface area contributed by atoms with Gasteiger partial charge in [-0.3, -0.25) is 4.79 Å². The summed E-state index contributed by atoms with van der Waals surface area (Å²) in [5.74, 6) is -4.63. The monoisotopic (exact) mass is 356 g/mol. The topological polar surface area (TPSA) is 55.0 Å². The van der Waals surface area contributed by atoms with Gasteiger partial charge < -0.3 is 9.72 Å². The van der Waals surface area contributed by atoms with Crippen LogP contribution in [0.2, 0.25) is 0 Å². The van der Waals surface area contributed by atoms with Crippen molar-refractivity contribution in [3.8, 4) is 5.75 Å². The molecule has 4 nitrogen and oxygen atoms in total. The van der Waals surface area contributed by atoms with Crippen LogP contribution in [0.3, 0.4) is 0 Å². The first-order chi connectivity index (χ1) is 11.4. The summed E-state index contributed by atoms with van der Waals surface area (Å²) < 4.78 is 56.7. The van der Waals surface area contributed by atoms with E-state index in [-0.39, 0.29) is 5.56 Å². The minimum Gasteiger partial charge on any atom is -0.432 e. The second-order valence-electron chi connectivity index (χ2n) is 4.73. The number of thiol groups is 1. The van der Waals surface area contributed by atoms with Crippen molar-refractivity contribution in [2.24, 2.45) is 0 Å². The molecular weight excluding hydrogens is 348 g/mol. The minimum absolute atomic E-state index is 0.0691. The Bertz CT molecular complexity index is 943. The van der Waals surface area contributed by atoms with Crippen molar-refractivity contribution < 1.29 is 27.1 Å². The Morgan fingerprint density at radius 2 is 2.04 bits per heavy atom. The first-order valence-corrected chi connectivity index (χ1v) is 6.97. The van der Waals surface area contributed by atoms with Crippen LogP contribution in [0.25, 0.3) is 11.0 Å². The molecule has 0 atom stereocenters. The summed E-state index contributed by atoms with van der Waals surface area (Å²) in [6.45, 7) is -3.31. The van der Waals surface area contributed by atoms with E-state index in [1.165, 1.54) is 18.5 Å². The van der Waals surface area contributed by atoms with Crippen molar-refractivity contribution in [3.05, 3.63) is 53.4 Å². The normalized spacial score (nSPS) is 11.2. The molecule has 2 aromatic heterocycles. The number of pyridine rings is 1. The number of carbonyl (C=O) groups excluding carboxylic acids is 1. The maximum Gasteiger partial charge on any atom is 0.387 e. The van der Waals surface area contributed by atoms with Gasteiger partial charge in [0.2, 0.25) is 5.78 Å². The van der Waals surface area contributed by atoms with Gasteiger partial charge in [0.15, 0.2) is 11.6 Å². The molecule has 0 radical (unpaired) electrons. The van der Waals surface area contributed by atoms with Gasteiger partial charge in [-0.05, 0) is 18.2 Å². The molecule has 0 saturated carbocycles. The van der Waals surface area contributed by atoms with Gasteiger partial charge in [-0.2, -0.15) is 8.78 Å². The van der Waals surface area contributed by atoms with Crippen molar-refractivity contribution in [3.63, 3.8) is 0 Å². The Morgan fingerprint density at radius 3 is 2.75 bits per heavy atom. The Kier molecular flexibility index (Phi) is 4.18. The predicted molar refractivity (Wildman–Crippen MR) is 79.8 cm³/mol. The molecule has 0 aliphatic heterocycles. The smallest absolute Gasteiger partial charge is 0.387 e. The van der Waals surface area contributed by atoms with Crippen LogP contribution in [0.4, 0.5) is 17.6 Å². The molecule has 0 spiro atoms. The third-order valence-corrected chi connectivity index (χ3v) is 3.50. The van der Waals surface area contributed by atoms with Gasteiger partial charge in [0.05, 0.1) is 5.56 Å². The van der Waals surface area contributed by atoms with Crippen molar-refractivity contribution in [1.82, 2.24) is 9.97 Å². The number of nitrogens with one attached hydrogen (secondary N) is 1. The Hall–Kier alpha value is -2.55. The van der Waals surface area contributed by atoms with Gasteiger partial charge in [0, 0.05) is 28.2 Å². The molecule has 3 rings (SSSR count). The number of ether oxygens (including phenoxy) is 1. The number of hydrogen-bond acceptors (Lipinski definition) is 4. The van der Waals surface area contributed by atoms with Crippen LogP contribution >= 0.6 is 12.6 Å². The van der Waals surface area contributed by atoms with Crippen LogP contribution in [0.15, 0.2) is 35.5 Å². The van der Waals surface area contributed by atoms with Crippen LogP contribution in [-0.4, -0.2) is 22.4 Å². The Labute approximate surface area is 137 Å². The lowest BCUT2D eigenvalue weighted by Gasteiger charge is -2.09. The largest absolute Gasteiger partial charge is 0.432 e. The summed E-state index contributed by atoms with van der Waals surface area (Å²) in [7, 11) is 0. The number of fused-ring (bicyclic) bond motifs is 1. The number of aromatic nitrogens is 2. The maximum atomic E-state index is 14.3. The molecule has 1 aromatic carbocycles. The zero-order valence-electron chi connectivity index (χ0n) is 11.7. The van der Waals surface area contributed by atoms with E-state index in [1.54, 1.807) is 0 Å². The minimum atomic E-state index is -3.31. The average Bonchev–Trinajstić information content (AvgIpc) is 2.92. The summed E-state index contributed by atoms with van der Waals surface area (Å²) in [6, 6.07) is 2.87. The summed E-state index contributed by atoms with van der Waals surface area (Å²) in [4.78, 5) is 19.6.